The van der Waals surface area contributed by atoms with Gasteiger partial charge in [0.05, 0.1) is 12.8 Å². The molecular formula is C9H10BrN5O3. The molecule has 2 aromatic heterocycles. The number of aryl methyl sites for hydroxylation is 1. The van der Waals surface area contributed by atoms with Gasteiger partial charge in [-0.2, -0.15) is 0 Å². The molecule has 0 saturated heterocycles. The van der Waals surface area contributed by atoms with Gasteiger partial charge in [0.1, 0.15) is 0 Å². The van der Waals surface area contributed by atoms with Gasteiger partial charge in [-0.05, 0) is 15.9 Å². The predicted octanol–water partition coefficient (Wildman–Crippen LogP) is -0.344. The van der Waals surface area contributed by atoms with Gasteiger partial charge >= 0.3 is 5.69 Å². The first-order valence-corrected chi connectivity index (χ1v) is 5.76. The number of halogens is 1. The summed E-state index contributed by atoms with van der Waals surface area (Å²) >= 11 is 3.20. The number of oxime groups is 1. The number of fused-ring (bicyclic) bond motifs is 1. The first-order chi connectivity index (χ1) is 8.49. The Morgan fingerprint density at radius 2 is 2.06 bits per heavy atom. The molecule has 0 aliphatic carbocycles. The lowest BCUT2D eigenvalue weighted by Crippen LogP contribution is -2.37. The van der Waals surface area contributed by atoms with Crippen molar-refractivity contribution in [3.8, 4) is 0 Å². The maximum Gasteiger partial charge on any atom is 0.332 e. The molecule has 2 rings (SSSR count). The summed E-state index contributed by atoms with van der Waals surface area (Å²) in [5.74, 6) is 0. The van der Waals surface area contributed by atoms with Crippen LogP contribution in [0.2, 0.25) is 0 Å². The third-order valence-electron chi connectivity index (χ3n) is 2.65. The maximum atomic E-state index is 12.1. The second-order valence-electron chi connectivity index (χ2n) is 3.67. The van der Waals surface area contributed by atoms with Gasteiger partial charge in [0.25, 0.3) is 5.56 Å². The smallest absolute Gasteiger partial charge is 0.332 e. The minimum atomic E-state index is -0.447. The summed E-state index contributed by atoms with van der Waals surface area (Å²) in [7, 11) is 2.93. The molecule has 0 aliphatic rings. The van der Waals surface area contributed by atoms with E-state index in [9.17, 15) is 9.59 Å². The summed E-state index contributed by atoms with van der Waals surface area (Å²) in [4.78, 5) is 27.9. The van der Waals surface area contributed by atoms with Crippen LogP contribution in [0.15, 0.2) is 19.5 Å². The van der Waals surface area contributed by atoms with Crippen molar-refractivity contribution in [1.82, 2.24) is 18.7 Å². The molecule has 8 nitrogen and oxygen atoms in total. The Morgan fingerprint density at radius 1 is 1.39 bits per heavy atom. The number of imidazole rings is 1. The molecule has 0 spiro atoms. The van der Waals surface area contributed by atoms with E-state index in [-0.39, 0.29) is 17.7 Å². The maximum absolute atomic E-state index is 12.1. The second kappa shape index (κ2) is 4.41. The van der Waals surface area contributed by atoms with E-state index < -0.39 is 11.2 Å². The van der Waals surface area contributed by atoms with E-state index in [0.29, 0.717) is 4.73 Å². The lowest BCUT2D eigenvalue weighted by atomic mass is 10.5. The Morgan fingerprint density at radius 3 is 2.67 bits per heavy atom. The van der Waals surface area contributed by atoms with Crippen molar-refractivity contribution in [2.75, 3.05) is 0 Å². The van der Waals surface area contributed by atoms with Crippen molar-refractivity contribution < 1.29 is 5.21 Å². The van der Waals surface area contributed by atoms with Crippen LogP contribution in [0.5, 0.6) is 0 Å². The van der Waals surface area contributed by atoms with Crippen molar-refractivity contribution in [2.24, 2.45) is 19.3 Å². The zero-order valence-corrected chi connectivity index (χ0v) is 11.2. The van der Waals surface area contributed by atoms with E-state index in [1.807, 2.05) is 0 Å². The van der Waals surface area contributed by atoms with Gasteiger partial charge in [-0.25, -0.2) is 9.78 Å². The molecule has 0 bridgehead atoms. The molecule has 2 heterocycles. The first-order valence-electron chi connectivity index (χ1n) is 4.96. The molecule has 2 aromatic rings. The van der Waals surface area contributed by atoms with Crippen LogP contribution in [0.3, 0.4) is 0 Å². The minimum absolute atomic E-state index is 0.168. The summed E-state index contributed by atoms with van der Waals surface area (Å²) in [6.07, 6.45) is 1.22. The summed E-state index contributed by atoms with van der Waals surface area (Å²) in [6, 6.07) is 0. The Balaban J connectivity index is 2.94. The van der Waals surface area contributed by atoms with Crippen LogP contribution in [-0.4, -0.2) is 30.1 Å². The Bertz CT molecular complexity index is 754. The van der Waals surface area contributed by atoms with Crippen LogP contribution in [0.25, 0.3) is 11.2 Å². The van der Waals surface area contributed by atoms with Gasteiger partial charge < -0.3 is 9.77 Å². The number of nitrogens with zero attached hydrogens (tertiary/aromatic N) is 5. The predicted molar refractivity (Wildman–Crippen MR) is 68.2 cm³/mol. The lowest BCUT2D eigenvalue weighted by Gasteiger charge is -2.04. The summed E-state index contributed by atoms with van der Waals surface area (Å²) in [5, 5.41) is 11.3. The molecule has 1 N–H and O–H groups in total. The zero-order valence-electron chi connectivity index (χ0n) is 9.66. The summed E-state index contributed by atoms with van der Waals surface area (Å²) in [5.41, 5.74) is -0.342. The molecule has 0 amide bonds. The van der Waals surface area contributed by atoms with E-state index in [1.165, 1.54) is 29.4 Å². The van der Waals surface area contributed by atoms with Crippen LogP contribution in [0, 0.1) is 0 Å². The Kier molecular flexibility index (Phi) is 3.07. The highest BCUT2D eigenvalue weighted by molar-refractivity contribution is 9.10. The largest absolute Gasteiger partial charge is 0.411 e. The molecule has 18 heavy (non-hydrogen) atoms. The van der Waals surface area contributed by atoms with Gasteiger partial charge in [0, 0.05) is 14.1 Å². The van der Waals surface area contributed by atoms with E-state index >= 15 is 0 Å². The van der Waals surface area contributed by atoms with Crippen molar-refractivity contribution in [3.63, 3.8) is 0 Å². The van der Waals surface area contributed by atoms with Crippen LogP contribution < -0.4 is 11.2 Å². The normalized spacial score (nSPS) is 11.7. The lowest BCUT2D eigenvalue weighted by molar-refractivity contribution is 0.320. The molecule has 0 radical (unpaired) electrons. The molecule has 0 saturated carbocycles. The number of hydrogen-bond acceptors (Lipinski definition) is 5. The van der Waals surface area contributed by atoms with Crippen molar-refractivity contribution in [3.05, 3.63) is 25.6 Å². The third-order valence-corrected chi connectivity index (χ3v) is 3.25. The van der Waals surface area contributed by atoms with Gasteiger partial charge in [0.2, 0.25) is 0 Å². The van der Waals surface area contributed by atoms with Crippen LogP contribution in [0.4, 0.5) is 0 Å². The zero-order chi connectivity index (χ0) is 13.4. The molecule has 0 aliphatic heterocycles. The standard InChI is InChI=1S/C9H10BrN5O3/c1-13-6-5(7(16)14(2)9(13)17)15(4-3-11-18)8(10)12-6/h3,18H,4H2,1-2H3. The highest BCUT2D eigenvalue weighted by Crippen LogP contribution is 2.15. The minimum Gasteiger partial charge on any atom is -0.411 e. The fraction of sp³-hybridized carbons (Fsp3) is 0.333. The quantitative estimate of drug-likeness (QED) is 0.355. The van der Waals surface area contributed by atoms with Gasteiger partial charge in [0.15, 0.2) is 15.9 Å². The number of rotatable bonds is 2. The van der Waals surface area contributed by atoms with Crippen molar-refractivity contribution in [2.45, 2.75) is 6.54 Å². The average Bonchev–Trinajstić information content (AvgIpc) is 2.68. The van der Waals surface area contributed by atoms with Gasteiger partial charge in [-0.15, -0.1) is 5.16 Å². The molecule has 0 aromatic carbocycles. The molecule has 0 fully saturated rings. The Labute approximate surface area is 109 Å². The highest BCUT2D eigenvalue weighted by Gasteiger charge is 2.16. The first kappa shape index (κ1) is 12.6. The molecular weight excluding hydrogens is 306 g/mol. The summed E-state index contributed by atoms with van der Waals surface area (Å²) in [6.45, 7) is 0.168. The van der Waals surface area contributed by atoms with Gasteiger partial charge in [-0.1, -0.05) is 0 Å². The fourth-order valence-corrected chi connectivity index (χ4v) is 2.19. The third kappa shape index (κ3) is 1.67. The second-order valence-corrected chi connectivity index (χ2v) is 4.38. The van der Waals surface area contributed by atoms with E-state index in [4.69, 9.17) is 5.21 Å². The Hall–Kier alpha value is -1.90. The molecule has 0 unspecified atom stereocenters. The van der Waals surface area contributed by atoms with Crippen LogP contribution in [-0.2, 0) is 20.6 Å². The average molecular weight is 316 g/mol. The molecule has 0 atom stereocenters. The van der Waals surface area contributed by atoms with Crippen molar-refractivity contribution >= 4 is 33.3 Å². The number of aromatic nitrogens is 4. The molecule has 96 valence electrons. The van der Waals surface area contributed by atoms with Crippen LogP contribution >= 0.6 is 15.9 Å². The van der Waals surface area contributed by atoms with E-state index in [1.54, 1.807) is 0 Å². The monoisotopic (exact) mass is 315 g/mol. The van der Waals surface area contributed by atoms with Crippen LogP contribution in [0.1, 0.15) is 0 Å². The van der Waals surface area contributed by atoms with E-state index in [0.717, 1.165) is 4.57 Å². The fourth-order valence-electron chi connectivity index (χ4n) is 1.70. The SMILES string of the molecule is Cn1c(=O)c2c(nc(Br)n2CC=NO)n(C)c1=O. The van der Waals surface area contributed by atoms with E-state index in [2.05, 4.69) is 26.1 Å². The topological polar surface area (TPSA) is 94.4 Å². The highest BCUT2D eigenvalue weighted by atomic mass is 79.9. The van der Waals surface area contributed by atoms with Gasteiger partial charge in [-0.3, -0.25) is 13.9 Å². The molecule has 9 heteroatoms. The summed E-state index contributed by atoms with van der Waals surface area (Å²) < 4.78 is 4.18. The van der Waals surface area contributed by atoms with Crippen molar-refractivity contribution in [1.29, 1.82) is 0 Å². The number of hydrogen-bond donors (Lipinski definition) is 1.